The first kappa shape index (κ1) is 17.7. The Morgan fingerprint density at radius 2 is 1.79 bits per heavy atom. The summed E-state index contributed by atoms with van der Waals surface area (Å²) in [6.45, 7) is 2.19. The van der Waals surface area contributed by atoms with E-state index in [0.717, 1.165) is 11.1 Å². The highest BCUT2D eigenvalue weighted by molar-refractivity contribution is 5.81. The Kier molecular flexibility index (Phi) is 4.48. The molecule has 2 heterocycles. The van der Waals surface area contributed by atoms with E-state index in [2.05, 4.69) is 25.4 Å². The molecule has 1 N–H and O–H groups in total. The second-order valence-electron chi connectivity index (χ2n) is 6.25. The SMILES string of the molecule is COc1cc2nc(Cn3nnc(-c4ccc(C)cc4)n3)[nH]c(=O)c2cc1OC. The van der Waals surface area contributed by atoms with Gasteiger partial charge in [-0.1, -0.05) is 29.8 Å². The van der Waals surface area contributed by atoms with E-state index in [4.69, 9.17) is 9.47 Å². The molecule has 0 bridgehead atoms. The van der Waals surface area contributed by atoms with Crippen LogP contribution in [0.1, 0.15) is 11.4 Å². The fourth-order valence-electron chi connectivity index (χ4n) is 2.85. The van der Waals surface area contributed by atoms with Crippen LogP contribution in [-0.4, -0.2) is 44.4 Å². The molecule has 0 amide bonds. The summed E-state index contributed by atoms with van der Waals surface area (Å²) in [6.07, 6.45) is 0. The topological polar surface area (TPSA) is 108 Å². The molecule has 4 aromatic rings. The molecule has 0 saturated heterocycles. The molecule has 0 aliphatic heterocycles. The zero-order valence-corrected chi connectivity index (χ0v) is 15.6. The van der Waals surface area contributed by atoms with Crippen LogP contribution >= 0.6 is 0 Å². The predicted molar refractivity (Wildman–Crippen MR) is 103 cm³/mol. The molecule has 0 radical (unpaired) electrons. The van der Waals surface area contributed by atoms with Gasteiger partial charge in [-0.3, -0.25) is 4.79 Å². The highest BCUT2D eigenvalue weighted by Gasteiger charge is 2.12. The quantitative estimate of drug-likeness (QED) is 0.565. The summed E-state index contributed by atoms with van der Waals surface area (Å²) in [7, 11) is 3.05. The minimum Gasteiger partial charge on any atom is -0.493 e. The molecule has 4 rings (SSSR count). The van der Waals surface area contributed by atoms with Gasteiger partial charge in [-0.15, -0.1) is 10.2 Å². The van der Waals surface area contributed by atoms with Gasteiger partial charge < -0.3 is 14.5 Å². The highest BCUT2D eigenvalue weighted by atomic mass is 16.5. The molecule has 0 fully saturated rings. The molecule has 2 aromatic heterocycles. The molecule has 2 aromatic carbocycles. The number of aromatic amines is 1. The molecule has 0 saturated carbocycles. The second-order valence-corrected chi connectivity index (χ2v) is 6.25. The fourth-order valence-corrected chi connectivity index (χ4v) is 2.85. The Bertz CT molecular complexity index is 1200. The lowest BCUT2D eigenvalue weighted by Gasteiger charge is -2.09. The van der Waals surface area contributed by atoms with E-state index in [-0.39, 0.29) is 12.1 Å². The second kappa shape index (κ2) is 7.10. The van der Waals surface area contributed by atoms with Gasteiger partial charge in [0.15, 0.2) is 11.5 Å². The number of nitrogens with zero attached hydrogens (tertiary/aromatic N) is 5. The first-order valence-corrected chi connectivity index (χ1v) is 8.57. The first-order chi connectivity index (χ1) is 13.6. The first-order valence-electron chi connectivity index (χ1n) is 8.57. The minimum absolute atomic E-state index is 0.179. The van der Waals surface area contributed by atoms with Crippen LogP contribution in [0.4, 0.5) is 0 Å². The van der Waals surface area contributed by atoms with Crippen LogP contribution in [0.3, 0.4) is 0 Å². The maximum absolute atomic E-state index is 12.5. The van der Waals surface area contributed by atoms with Crippen molar-refractivity contribution in [3.05, 3.63) is 58.1 Å². The summed E-state index contributed by atoms with van der Waals surface area (Å²) in [4.78, 5) is 21.1. The lowest BCUT2D eigenvalue weighted by Crippen LogP contribution is -2.16. The number of nitrogens with one attached hydrogen (secondary N) is 1. The largest absolute Gasteiger partial charge is 0.493 e. The van der Waals surface area contributed by atoms with E-state index in [1.165, 1.54) is 19.0 Å². The Morgan fingerprint density at radius 3 is 2.50 bits per heavy atom. The predicted octanol–water partition coefficient (Wildman–Crippen LogP) is 1.95. The number of benzene rings is 2. The van der Waals surface area contributed by atoms with Gasteiger partial charge in [0.2, 0.25) is 5.82 Å². The molecule has 0 unspecified atom stereocenters. The maximum atomic E-state index is 12.5. The summed E-state index contributed by atoms with van der Waals surface area (Å²) < 4.78 is 10.5. The van der Waals surface area contributed by atoms with E-state index >= 15 is 0 Å². The number of aromatic nitrogens is 6. The van der Waals surface area contributed by atoms with Gasteiger partial charge in [-0.05, 0) is 18.2 Å². The Labute approximate surface area is 159 Å². The van der Waals surface area contributed by atoms with Crippen molar-refractivity contribution in [1.29, 1.82) is 0 Å². The van der Waals surface area contributed by atoms with Crippen molar-refractivity contribution in [1.82, 2.24) is 30.2 Å². The molecular weight excluding hydrogens is 360 g/mol. The third kappa shape index (κ3) is 3.29. The average molecular weight is 378 g/mol. The smallest absolute Gasteiger partial charge is 0.258 e. The van der Waals surface area contributed by atoms with Crippen LogP contribution < -0.4 is 15.0 Å². The van der Waals surface area contributed by atoms with E-state index in [9.17, 15) is 4.79 Å². The minimum atomic E-state index is -0.278. The van der Waals surface area contributed by atoms with Crippen LogP contribution in [-0.2, 0) is 6.54 Å². The summed E-state index contributed by atoms with van der Waals surface area (Å²) >= 11 is 0. The van der Waals surface area contributed by atoms with Crippen LogP contribution in [0.5, 0.6) is 11.5 Å². The maximum Gasteiger partial charge on any atom is 0.258 e. The van der Waals surface area contributed by atoms with Gasteiger partial charge in [0.05, 0.1) is 25.1 Å². The number of tetrazole rings is 1. The number of H-pyrrole nitrogens is 1. The molecule has 9 nitrogen and oxygen atoms in total. The summed E-state index contributed by atoms with van der Waals surface area (Å²) in [6, 6.07) is 11.1. The van der Waals surface area contributed by atoms with Gasteiger partial charge in [0.25, 0.3) is 5.56 Å². The van der Waals surface area contributed by atoms with Crippen LogP contribution in [0.25, 0.3) is 22.3 Å². The third-order valence-corrected chi connectivity index (χ3v) is 4.31. The van der Waals surface area contributed by atoms with Gasteiger partial charge in [-0.25, -0.2) is 4.98 Å². The summed E-state index contributed by atoms with van der Waals surface area (Å²) in [5, 5.41) is 12.9. The molecule has 0 atom stereocenters. The van der Waals surface area contributed by atoms with Crippen molar-refractivity contribution in [3.63, 3.8) is 0 Å². The third-order valence-electron chi connectivity index (χ3n) is 4.31. The average Bonchev–Trinajstić information content (AvgIpc) is 3.16. The number of methoxy groups -OCH3 is 2. The van der Waals surface area contributed by atoms with Gasteiger partial charge >= 0.3 is 0 Å². The van der Waals surface area contributed by atoms with Crippen LogP contribution in [0.15, 0.2) is 41.2 Å². The Hall–Kier alpha value is -3.75. The number of aryl methyl sites for hydroxylation is 1. The van der Waals surface area contributed by atoms with Crippen LogP contribution in [0, 0.1) is 6.92 Å². The van der Waals surface area contributed by atoms with Crippen molar-refractivity contribution in [2.24, 2.45) is 0 Å². The van der Waals surface area contributed by atoms with Gasteiger partial charge in [-0.2, -0.15) is 4.80 Å². The standard InChI is InChI=1S/C19H18N6O3/c1-11-4-6-12(7-5-11)18-22-24-25(23-18)10-17-20-14-9-16(28-3)15(27-2)8-13(14)19(26)21-17/h4-9H,10H2,1-3H3,(H,20,21,26). The number of fused-ring (bicyclic) bond motifs is 1. The molecule has 9 heteroatoms. The molecule has 0 aliphatic rings. The lowest BCUT2D eigenvalue weighted by molar-refractivity contribution is 0.355. The molecular formula is C19H18N6O3. The van der Waals surface area contributed by atoms with E-state index in [1.54, 1.807) is 12.1 Å². The van der Waals surface area contributed by atoms with Crippen molar-refractivity contribution in [3.8, 4) is 22.9 Å². The fraction of sp³-hybridized carbons (Fsp3) is 0.211. The van der Waals surface area contributed by atoms with Crippen molar-refractivity contribution in [2.75, 3.05) is 14.2 Å². The van der Waals surface area contributed by atoms with E-state index in [0.29, 0.717) is 34.1 Å². The Morgan fingerprint density at radius 1 is 1.07 bits per heavy atom. The van der Waals surface area contributed by atoms with E-state index < -0.39 is 0 Å². The zero-order chi connectivity index (χ0) is 19.7. The number of ether oxygens (including phenoxy) is 2. The molecule has 0 spiro atoms. The summed E-state index contributed by atoms with van der Waals surface area (Å²) in [5.74, 6) is 1.89. The Balaban J connectivity index is 1.66. The van der Waals surface area contributed by atoms with E-state index in [1.807, 2.05) is 31.2 Å². The van der Waals surface area contributed by atoms with Gasteiger partial charge in [0, 0.05) is 11.6 Å². The lowest BCUT2D eigenvalue weighted by atomic mass is 10.1. The molecule has 0 aliphatic carbocycles. The zero-order valence-electron chi connectivity index (χ0n) is 15.6. The number of rotatable bonds is 5. The highest BCUT2D eigenvalue weighted by Crippen LogP contribution is 2.29. The normalized spacial score (nSPS) is 11.0. The van der Waals surface area contributed by atoms with Crippen LogP contribution in [0.2, 0.25) is 0 Å². The van der Waals surface area contributed by atoms with Crippen molar-refractivity contribution >= 4 is 10.9 Å². The molecule has 28 heavy (non-hydrogen) atoms. The summed E-state index contributed by atoms with van der Waals surface area (Å²) in [5.41, 5.74) is 2.24. The van der Waals surface area contributed by atoms with Crippen molar-refractivity contribution < 1.29 is 9.47 Å². The van der Waals surface area contributed by atoms with Crippen molar-refractivity contribution in [2.45, 2.75) is 13.5 Å². The monoisotopic (exact) mass is 378 g/mol. The number of hydrogen-bond acceptors (Lipinski definition) is 7. The molecule has 142 valence electrons. The number of hydrogen-bond donors (Lipinski definition) is 1. The van der Waals surface area contributed by atoms with Gasteiger partial charge in [0.1, 0.15) is 12.4 Å².